The number of amides is 2. The molecule has 0 fully saturated rings. The molecular weight excluding hydrogens is 336 g/mol. The molecule has 3 aromatic rings. The normalized spacial score (nSPS) is 10.3. The monoisotopic (exact) mass is 352 g/mol. The molecule has 0 aliphatic carbocycles. The quantitative estimate of drug-likeness (QED) is 0.614. The number of nitrogens with one attached hydrogen (secondary N) is 2. The fourth-order valence-corrected chi connectivity index (χ4v) is 2.87. The molecule has 0 unspecified atom stereocenters. The average Bonchev–Trinajstić information content (AvgIpc) is 3.13. The van der Waals surface area contributed by atoms with E-state index in [2.05, 4.69) is 10.6 Å². The molecule has 126 valence electrons. The smallest absolute Gasteiger partial charge is 0.265 e. The Balaban J connectivity index is 1.67. The second kappa shape index (κ2) is 7.19. The van der Waals surface area contributed by atoms with Gasteiger partial charge in [-0.15, -0.1) is 11.3 Å². The lowest BCUT2D eigenvalue weighted by Crippen LogP contribution is -2.13. The fraction of sp³-hybridized carbons (Fsp3) is 0.0526. The summed E-state index contributed by atoms with van der Waals surface area (Å²) in [5.74, 6) is -0.500. The first-order valence-electron chi connectivity index (χ1n) is 7.59. The Morgan fingerprint density at radius 3 is 2.36 bits per heavy atom. The van der Waals surface area contributed by atoms with Gasteiger partial charge in [0, 0.05) is 11.3 Å². The highest BCUT2D eigenvalue weighted by atomic mass is 32.1. The van der Waals surface area contributed by atoms with E-state index >= 15 is 0 Å². The Bertz CT molecular complexity index is 903. The molecule has 3 rings (SSSR count). The molecule has 0 atom stereocenters. The van der Waals surface area contributed by atoms with Crippen LogP contribution in [0.2, 0.25) is 0 Å². The van der Waals surface area contributed by atoms with Crippen molar-refractivity contribution >= 4 is 34.5 Å². The SMILES string of the molecule is Cc1ccc(NC(=O)c2ccc(NC(=O)c3cccs3)cc2)c(O)c1. The summed E-state index contributed by atoms with van der Waals surface area (Å²) in [6.45, 7) is 1.86. The van der Waals surface area contributed by atoms with Crippen LogP contribution in [-0.2, 0) is 0 Å². The molecule has 0 saturated carbocycles. The van der Waals surface area contributed by atoms with Crippen LogP contribution in [0.5, 0.6) is 5.75 Å². The van der Waals surface area contributed by atoms with Gasteiger partial charge in [0.25, 0.3) is 11.8 Å². The summed E-state index contributed by atoms with van der Waals surface area (Å²) in [5.41, 5.74) is 2.29. The fourth-order valence-electron chi connectivity index (χ4n) is 2.25. The summed E-state index contributed by atoms with van der Waals surface area (Å²) < 4.78 is 0. The Hall–Kier alpha value is -3.12. The number of anilines is 2. The van der Waals surface area contributed by atoms with Crippen LogP contribution in [0.4, 0.5) is 11.4 Å². The van der Waals surface area contributed by atoms with Gasteiger partial charge in [-0.2, -0.15) is 0 Å². The minimum absolute atomic E-state index is 0.0215. The predicted molar refractivity (Wildman–Crippen MR) is 99.5 cm³/mol. The van der Waals surface area contributed by atoms with Crippen LogP contribution < -0.4 is 10.6 Å². The first-order valence-corrected chi connectivity index (χ1v) is 8.47. The third-order valence-electron chi connectivity index (χ3n) is 3.55. The summed E-state index contributed by atoms with van der Waals surface area (Å²) >= 11 is 1.36. The number of aromatic hydroxyl groups is 1. The molecule has 3 N–H and O–H groups in total. The number of benzene rings is 2. The summed E-state index contributed by atoms with van der Waals surface area (Å²) in [6.07, 6.45) is 0. The second-order valence-electron chi connectivity index (χ2n) is 5.48. The topological polar surface area (TPSA) is 78.4 Å². The van der Waals surface area contributed by atoms with Crippen molar-refractivity contribution < 1.29 is 14.7 Å². The highest BCUT2D eigenvalue weighted by Gasteiger charge is 2.10. The average molecular weight is 352 g/mol. The third kappa shape index (κ3) is 4.05. The lowest BCUT2D eigenvalue weighted by atomic mass is 10.1. The molecule has 1 heterocycles. The molecule has 2 aromatic carbocycles. The van der Waals surface area contributed by atoms with Gasteiger partial charge < -0.3 is 15.7 Å². The van der Waals surface area contributed by atoms with Crippen molar-refractivity contribution in [3.05, 3.63) is 76.0 Å². The van der Waals surface area contributed by atoms with E-state index in [4.69, 9.17) is 0 Å². The van der Waals surface area contributed by atoms with Crippen LogP contribution >= 0.6 is 11.3 Å². The van der Waals surface area contributed by atoms with Gasteiger partial charge in [-0.05, 0) is 60.3 Å². The van der Waals surface area contributed by atoms with E-state index in [0.29, 0.717) is 21.8 Å². The molecule has 0 spiro atoms. The van der Waals surface area contributed by atoms with Crippen molar-refractivity contribution in [2.75, 3.05) is 10.6 Å². The molecule has 0 bridgehead atoms. The third-order valence-corrected chi connectivity index (χ3v) is 4.42. The number of carbonyl (C=O) groups is 2. The van der Waals surface area contributed by atoms with Gasteiger partial charge in [-0.3, -0.25) is 9.59 Å². The largest absolute Gasteiger partial charge is 0.506 e. The molecule has 0 aliphatic heterocycles. The molecular formula is C19H16N2O3S. The van der Waals surface area contributed by atoms with Crippen LogP contribution in [0.15, 0.2) is 60.0 Å². The van der Waals surface area contributed by atoms with Crippen LogP contribution in [0.3, 0.4) is 0 Å². The van der Waals surface area contributed by atoms with Gasteiger partial charge in [0.1, 0.15) is 5.75 Å². The van der Waals surface area contributed by atoms with E-state index in [1.54, 1.807) is 48.5 Å². The number of hydrogen-bond acceptors (Lipinski definition) is 4. The summed E-state index contributed by atoms with van der Waals surface area (Å²) in [7, 11) is 0. The van der Waals surface area contributed by atoms with Crippen molar-refractivity contribution in [2.24, 2.45) is 0 Å². The van der Waals surface area contributed by atoms with E-state index in [9.17, 15) is 14.7 Å². The van der Waals surface area contributed by atoms with Crippen LogP contribution in [0, 0.1) is 6.92 Å². The molecule has 1 aromatic heterocycles. The van der Waals surface area contributed by atoms with Gasteiger partial charge in [-0.25, -0.2) is 0 Å². The Morgan fingerprint density at radius 2 is 1.72 bits per heavy atom. The van der Waals surface area contributed by atoms with Crippen LogP contribution in [-0.4, -0.2) is 16.9 Å². The Morgan fingerprint density at radius 1 is 0.960 bits per heavy atom. The standard InChI is InChI=1S/C19H16N2O3S/c1-12-4-9-15(16(22)11-12)21-18(23)13-5-7-14(8-6-13)20-19(24)17-3-2-10-25-17/h2-11,22H,1H3,(H,20,24)(H,21,23). The van der Waals surface area contributed by atoms with Crippen molar-refractivity contribution in [2.45, 2.75) is 6.92 Å². The van der Waals surface area contributed by atoms with Crippen molar-refractivity contribution in [3.8, 4) is 5.75 Å². The maximum absolute atomic E-state index is 12.3. The van der Waals surface area contributed by atoms with Gasteiger partial charge in [0.15, 0.2) is 0 Å². The van der Waals surface area contributed by atoms with E-state index in [-0.39, 0.29) is 17.6 Å². The Kier molecular flexibility index (Phi) is 4.81. The number of phenols is 1. The summed E-state index contributed by atoms with van der Waals surface area (Å²) in [6, 6.07) is 15.2. The highest BCUT2D eigenvalue weighted by molar-refractivity contribution is 7.12. The molecule has 0 radical (unpaired) electrons. The van der Waals surface area contributed by atoms with Crippen LogP contribution in [0.25, 0.3) is 0 Å². The summed E-state index contributed by atoms with van der Waals surface area (Å²) in [4.78, 5) is 24.9. The van der Waals surface area contributed by atoms with E-state index in [0.717, 1.165) is 5.56 Å². The molecule has 25 heavy (non-hydrogen) atoms. The summed E-state index contributed by atoms with van der Waals surface area (Å²) in [5, 5.41) is 17.1. The maximum atomic E-state index is 12.3. The zero-order valence-electron chi connectivity index (χ0n) is 13.4. The Labute approximate surface area is 148 Å². The van der Waals surface area contributed by atoms with Gasteiger partial charge in [0.05, 0.1) is 10.6 Å². The molecule has 6 heteroatoms. The molecule has 2 amide bonds. The highest BCUT2D eigenvalue weighted by Crippen LogP contribution is 2.24. The lowest BCUT2D eigenvalue weighted by molar-refractivity contribution is 0.102. The molecule has 5 nitrogen and oxygen atoms in total. The number of thiophene rings is 1. The van der Waals surface area contributed by atoms with Crippen molar-refractivity contribution in [1.82, 2.24) is 0 Å². The minimum Gasteiger partial charge on any atom is -0.506 e. The zero-order chi connectivity index (χ0) is 17.8. The van der Waals surface area contributed by atoms with Crippen molar-refractivity contribution in [1.29, 1.82) is 0 Å². The zero-order valence-corrected chi connectivity index (χ0v) is 14.3. The minimum atomic E-state index is -0.338. The lowest BCUT2D eigenvalue weighted by Gasteiger charge is -2.09. The molecule has 0 saturated heterocycles. The van der Waals surface area contributed by atoms with Gasteiger partial charge >= 0.3 is 0 Å². The number of phenolic OH excluding ortho intramolecular Hbond substituents is 1. The van der Waals surface area contributed by atoms with E-state index in [1.165, 1.54) is 11.3 Å². The predicted octanol–water partition coefficient (Wildman–Crippen LogP) is 4.27. The first-order chi connectivity index (χ1) is 12.0. The van der Waals surface area contributed by atoms with E-state index < -0.39 is 0 Å². The number of carbonyl (C=O) groups excluding carboxylic acids is 2. The second-order valence-corrected chi connectivity index (χ2v) is 6.43. The number of rotatable bonds is 4. The maximum Gasteiger partial charge on any atom is 0.265 e. The molecule has 0 aliphatic rings. The van der Waals surface area contributed by atoms with Crippen LogP contribution in [0.1, 0.15) is 25.6 Å². The van der Waals surface area contributed by atoms with E-state index in [1.807, 2.05) is 18.4 Å². The van der Waals surface area contributed by atoms with Crippen molar-refractivity contribution in [3.63, 3.8) is 0 Å². The number of aryl methyl sites for hydroxylation is 1. The first kappa shape index (κ1) is 16.7. The van der Waals surface area contributed by atoms with Gasteiger partial charge in [0.2, 0.25) is 0 Å². The number of hydrogen-bond donors (Lipinski definition) is 3. The van der Waals surface area contributed by atoms with Gasteiger partial charge in [-0.1, -0.05) is 12.1 Å².